The Balaban J connectivity index is 1.15. The molecule has 0 fully saturated rings. The van der Waals surface area contributed by atoms with E-state index in [-0.39, 0.29) is 0 Å². The van der Waals surface area contributed by atoms with Crippen LogP contribution >= 0.6 is 0 Å². The molecule has 0 spiro atoms. The first-order valence-electron chi connectivity index (χ1n) is 18.5. The molecule has 2 aromatic heterocycles. The number of hydrogen-bond donors (Lipinski definition) is 0. The third-order valence-electron chi connectivity index (χ3n) is 10.5. The summed E-state index contributed by atoms with van der Waals surface area (Å²) in [5, 5.41) is 3.82. The molecule has 2 nitrogen and oxygen atoms in total. The molecule has 2 heteroatoms. The zero-order chi connectivity index (χ0) is 35.7. The molecular weight excluding hydrogens is 641 g/mol. The lowest BCUT2D eigenvalue weighted by Crippen LogP contribution is -1.97. The van der Waals surface area contributed by atoms with Crippen molar-refractivity contribution in [3.05, 3.63) is 205 Å². The molecule has 2 heterocycles. The van der Waals surface area contributed by atoms with Crippen LogP contribution in [0.2, 0.25) is 0 Å². The highest BCUT2D eigenvalue weighted by Gasteiger charge is 2.18. The van der Waals surface area contributed by atoms with Crippen LogP contribution in [0.5, 0.6) is 0 Å². The van der Waals surface area contributed by atoms with E-state index in [0.29, 0.717) is 0 Å². The number of rotatable bonds is 7. The van der Waals surface area contributed by atoms with Crippen molar-refractivity contribution in [2.75, 3.05) is 0 Å². The smallest absolute Gasteiger partial charge is 0.0541 e. The topological polar surface area (TPSA) is 9.86 Å². The number of benzene rings is 5. The fourth-order valence-corrected chi connectivity index (χ4v) is 7.96. The molecule has 0 saturated heterocycles. The minimum Gasteiger partial charge on any atom is -0.309 e. The van der Waals surface area contributed by atoms with Crippen molar-refractivity contribution in [2.45, 2.75) is 19.8 Å². The molecule has 0 atom stereocenters. The van der Waals surface area contributed by atoms with E-state index >= 15 is 0 Å². The Hall–Kier alpha value is -6.64. The van der Waals surface area contributed by atoms with Gasteiger partial charge in [0.25, 0.3) is 0 Å². The largest absolute Gasteiger partial charge is 0.309 e. The highest BCUT2D eigenvalue weighted by atomic mass is 15.0. The first-order valence-corrected chi connectivity index (χ1v) is 18.5. The van der Waals surface area contributed by atoms with Gasteiger partial charge >= 0.3 is 0 Å². The van der Waals surface area contributed by atoms with E-state index in [1.165, 1.54) is 66.2 Å². The number of fused-ring (bicyclic) bond motifs is 6. The van der Waals surface area contributed by atoms with Crippen LogP contribution in [0.15, 0.2) is 183 Å². The van der Waals surface area contributed by atoms with E-state index in [4.69, 9.17) is 0 Å². The molecule has 2 aliphatic carbocycles. The third-order valence-corrected chi connectivity index (χ3v) is 10.5. The summed E-state index contributed by atoms with van der Waals surface area (Å²) in [4.78, 5) is 0. The van der Waals surface area contributed by atoms with E-state index in [1.54, 1.807) is 0 Å². The number of nitrogens with zero attached hydrogens (tertiary/aromatic N) is 2. The molecule has 0 radical (unpaired) electrons. The highest BCUT2D eigenvalue weighted by Crippen LogP contribution is 2.37. The molecule has 2 aliphatic rings. The summed E-state index contributed by atoms with van der Waals surface area (Å²) in [6.07, 6.45) is 28.2. The van der Waals surface area contributed by atoms with E-state index in [0.717, 1.165) is 35.4 Å². The summed E-state index contributed by atoms with van der Waals surface area (Å²) in [6.45, 7) is 6.24. The Morgan fingerprint density at radius 2 is 1.28 bits per heavy atom. The van der Waals surface area contributed by atoms with E-state index in [9.17, 15) is 0 Å². The Morgan fingerprint density at radius 3 is 2.00 bits per heavy atom. The Kier molecular flexibility index (Phi) is 8.42. The quantitative estimate of drug-likeness (QED) is 0.148. The van der Waals surface area contributed by atoms with Gasteiger partial charge in [0.1, 0.15) is 0 Å². The van der Waals surface area contributed by atoms with Crippen LogP contribution in [-0.2, 0) is 0 Å². The van der Waals surface area contributed by atoms with Gasteiger partial charge in [-0.1, -0.05) is 128 Å². The third kappa shape index (κ3) is 5.79. The molecular formula is C51H40N2. The lowest BCUT2D eigenvalue weighted by Gasteiger charge is -2.14. The molecule has 0 saturated carbocycles. The average molecular weight is 681 g/mol. The lowest BCUT2D eigenvalue weighted by atomic mass is 9.92. The zero-order valence-corrected chi connectivity index (χ0v) is 29.9. The summed E-state index contributed by atoms with van der Waals surface area (Å²) in [5.41, 5.74) is 15.5. The normalized spacial score (nSPS) is 14.5. The predicted molar refractivity (Wildman–Crippen MR) is 230 cm³/mol. The molecule has 254 valence electrons. The van der Waals surface area contributed by atoms with Gasteiger partial charge in [0.05, 0.1) is 22.2 Å². The van der Waals surface area contributed by atoms with Crippen LogP contribution < -0.4 is 0 Å². The summed E-state index contributed by atoms with van der Waals surface area (Å²) in [7, 11) is 0. The van der Waals surface area contributed by atoms with Gasteiger partial charge in [0.2, 0.25) is 0 Å². The van der Waals surface area contributed by atoms with E-state index in [2.05, 4.69) is 198 Å². The van der Waals surface area contributed by atoms with Gasteiger partial charge in [0.15, 0.2) is 0 Å². The second-order valence-electron chi connectivity index (χ2n) is 13.6. The predicted octanol–water partition coefficient (Wildman–Crippen LogP) is 13.9. The molecule has 0 N–H and O–H groups in total. The first-order chi connectivity index (χ1) is 26.2. The van der Waals surface area contributed by atoms with Crippen molar-refractivity contribution in [3.8, 4) is 16.8 Å². The molecule has 0 bridgehead atoms. The van der Waals surface area contributed by atoms with Gasteiger partial charge < -0.3 is 9.13 Å². The SMILES string of the molecule is C=C/C(=C\C=C/C)c1cc(C2=CC=C(n3c4c(c5ccccc53)C=CCC=C4)C=CC2)cc(-c2ccc(-n3c4ccccc4c4ccccc43)cc2)c1. The van der Waals surface area contributed by atoms with Crippen LogP contribution in [0.4, 0.5) is 0 Å². The van der Waals surface area contributed by atoms with Crippen LogP contribution in [0.25, 0.3) is 78.5 Å². The molecule has 53 heavy (non-hydrogen) atoms. The van der Waals surface area contributed by atoms with Gasteiger partial charge in [0, 0.05) is 33.1 Å². The number of allylic oxidation sites excluding steroid dienone is 13. The summed E-state index contributed by atoms with van der Waals surface area (Å²) >= 11 is 0. The van der Waals surface area contributed by atoms with Gasteiger partial charge in [-0.05, 0) is 120 Å². The molecule has 7 aromatic rings. The monoisotopic (exact) mass is 680 g/mol. The van der Waals surface area contributed by atoms with Gasteiger partial charge in [-0.15, -0.1) is 0 Å². The van der Waals surface area contributed by atoms with Crippen molar-refractivity contribution >= 4 is 61.7 Å². The van der Waals surface area contributed by atoms with Gasteiger partial charge in [-0.2, -0.15) is 0 Å². The number of aromatic nitrogens is 2. The maximum atomic E-state index is 4.19. The maximum Gasteiger partial charge on any atom is 0.0541 e. The van der Waals surface area contributed by atoms with E-state index < -0.39 is 0 Å². The Bertz CT molecular complexity index is 2730. The average Bonchev–Trinajstić information content (AvgIpc) is 3.42. The standard InChI is InChI=1S/C51H40N2/c1-3-5-16-36(4-2)39-33-40(37-17-15-18-42(30-27-37)52-48-23-8-6-7-19-44(48)45-20-9-12-24-49(45)52)35-41(34-39)38-28-31-43(32-29-38)53-50-25-13-10-21-46(50)47-22-11-14-26-51(47)53/h3-5,7-16,18-35H,2,6,17H2,1H3/b5-3-,36-16+. The van der Waals surface area contributed by atoms with Crippen LogP contribution in [-0.4, -0.2) is 9.13 Å². The maximum absolute atomic E-state index is 4.19. The fraction of sp³-hybridized carbons (Fsp3) is 0.0588. The van der Waals surface area contributed by atoms with Crippen molar-refractivity contribution in [3.63, 3.8) is 0 Å². The Labute approximate surface area is 311 Å². The van der Waals surface area contributed by atoms with Crippen LogP contribution in [0.1, 0.15) is 42.1 Å². The molecule has 5 aromatic carbocycles. The van der Waals surface area contributed by atoms with Gasteiger partial charge in [-0.3, -0.25) is 0 Å². The van der Waals surface area contributed by atoms with Crippen molar-refractivity contribution in [2.24, 2.45) is 0 Å². The van der Waals surface area contributed by atoms with Crippen LogP contribution in [0.3, 0.4) is 0 Å². The Morgan fingerprint density at radius 1 is 0.623 bits per heavy atom. The number of hydrogen-bond acceptors (Lipinski definition) is 0. The van der Waals surface area contributed by atoms with Crippen molar-refractivity contribution in [1.29, 1.82) is 0 Å². The van der Waals surface area contributed by atoms with Gasteiger partial charge in [-0.25, -0.2) is 0 Å². The minimum absolute atomic E-state index is 0.828. The lowest BCUT2D eigenvalue weighted by molar-refractivity contribution is 1.15. The fourth-order valence-electron chi connectivity index (χ4n) is 7.96. The summed E-state index contributed by atoms with van der Waals surface area (Å²) in [5.74, 6) is 0. The second kappa shape index (κ2) is 13.8. The molecule has 0 unspecified atom stereocenters. The summed E-state index contributed by atoms with van der Waals surface area (Å²) in [6, 6.07) is 42.1. The molecule has 0 aliphatic heterocycles. The minimum atomic E-state index is 0.828. The number of para-hydroxylation sites is 3. The van der Waals surface area contributed by atoms with Crippen LogP contribution in [0, 0.1) is 0 Å². The zero-order valence-electron chi connectivity index (χ0n) is 29.9. The molecule has 0 amide bonds. The highest BCUT2D eigenvalue weighted by molar-refractivity contribution is 6.09. The summed E-state index contributed by atoms with van der Waals surface area (Å²) < 4.78 is 4.78. The molecule has 9 rings (SSSR count). The van der Waals surface area contributed by atoms with Crippen molar-refractivity contribution < 1.29 is 0 Å². The first kappa shape index (κ1) is 32.3. The second-order valence-corrected chi connectivity index (χ2v) is 13.6. The van der Waals surface area contributed by atoms with Crippen molar-refractivity contribution in [1.82, 2.24) is 9.13 Å². The van der Waals surface area contributed by atoms with E-state index in [1.807, 2.05) is 13.0 Å².